The van der Waals surface area contributed by atoms with Gasteiger partial charge in [0.2, 0.25) is 0 Å². The summed E-state index contributed by atoms with van der Waals surface area (Å²) < 4.78 is 36.6. The second-order valence-corrected chi connectivity index (χ2v) is 9.24. The number of carbonyl (C=O) groups is 2. The van der Waals surface area contributed by atoms with E-state index in [0.29, 0.717) is 23.6 Å². The highest BCUT2D eigenvalue weighted by Crippen LogP contribution is 2.18. The summed E-state index contributed by atoms with van der Waals surface area (Å²) in [6, 6.07) is 5.32. The third kappa shape index (κ3) is 6.59. The van der Waals surface area contributed by atoms with Crippen LogP contribution >= 0.6 is 0 Å². The van der Waals surface area contributed by atoms with Crippen LogP contribution in [0.5, 0.6) is 0 Å². The zero-order valence-electron chi connectivity index (χ0n) is 15.7. The monoisotopic (exact) mass is 400 g/mol. The number of nitrogens with one attached hydrogen (secondary N) is 2. The number of halogens is 1. The van der Waals surface area contributed by atoms with Gasteiger partial charge in [0.25, 0.3) is 11.8 Å². The summed E-state index contributed by atoms with van der Waals surface area (Å²) in [5.41, 5.74) is 0.364. The van der Waals surface area contributed by atoms with Crippen LogP contribution in [-0.4, -0.2) is 69.4 Å². The lowest BCUT2D eigenvalue weighted by molar-refractivity contribution is -0.862. The molecule has 1 aromatic rings. The number of nitrogens with zero attached hydrogens (tertiary/aromatic N) is 1. The largest absolute Gasteiger partial charge is 0.334 e. The Morgan fingerprint density at radius 1 is 1.33 bits per heavy atom. The molecule has 1 aromatic carbocycles. The zero-order chi connectivity index (χ0) is 20.0. The van der Waals surface area contributed by atoms with Crippen molar-refractivity contribution >= 4 is 27.3 Å². The fourth-order valence-corrected chi connectivity index (χ4v) is 4.97. The maximum Gasteiger partial charge on any atom is 0.279 e. The highest BCUT2D eigenvalue weighted by atomic mass is 32.2. The Bertz CT molecular complexity index is 785. The summed E-state index contributed by atoms with van der Waals surface area (Å²) in [5.74, 6) is -0.793. The molecular formula is C18H27FN3O4S+. The van der Waals surface area contributed by atoms with Gasteiger partial charge in [-0.15, -0.1) is 0 Å². The van der Waals surface area contributed by atoms with Gasteiger partial charge in [-0.2, -0.15) is 0 Å². The first kappa shape index (κ1) is 21.3. The minimum absolute atomic E-state index is 0.0118. The number of quaternary nitrogens is 1. The number of anilines is 1. The number of amides is 2. The van der Waals surface area contributed by atoms with Crippen LogP contribution in [-0.2, 0) is 19.4 Å². The van der Waals surface area contributed by atoms with E-state index >= 15 is 0 Å². The maximum absolute atomic E-state index is 13.2. The minimum atomic E-state index is -3.07. The van der Waals surface area contributed by atoms with Gasteiger partial charge in [-0.1, -0.05) is 13.0 Å². The molecule has 0 aliphatic carbocycles. The minimum Gasteiger partial charge on any atom is -0.334 e. The number of hydrogen-bond donors (Lipinski definition) is 2. The molecule has 0 radical (unpaired) electrons. The molecule has 150 valence electrons. The lowest BCUT2D eigenvalue weighted by Gasteiger charge is -2.28. The van der Waals surface area contributed by atoms with Crippen molar-refractivity contribution in [2.75, 3.05) is 43.5 Å². The highest BCUT2D eigenvalue weighted by Gasteiger charge is 2.35. The molecule has 1 unspecified atom stereocenters. The molecule has 1 aliphatic rings. The molecule has 0 bridgehead atoms. The maximum atomic E-state index is 13.2. The van der Waals surface area contributed by atoms with Crippen molar-refractivity contribution in [1.29, 1.82) is 0 Å². The summed E-state index contributed by atoms with van der Waals surface area (Å²) in [5, 5.41) is 2.60. The van der Waals surface area contributed by atoms with Crippen LogP contribution in [0.4, 0.5) is 10.1 Å². The summed E-state index contributed by atoms with van der Waals surface area (Å²) >= 11 is 0. The lowest BCUT2D eigenvalue weighted by Crippen LogP contribution is -3.11. The molecule has 9 heteroatoms. The van der Waals surface area contributed by atoms with Gasteiger partial charge in [-0.25, -0.2) is 12.8 Å². The van der Waals surface area contributed by atoms with E-state index in [1.165, 1.54) is 18.2 Å². The van der Waals surface area contributed by atoms with Crippen molar-refractivity contribution in [3.63, 3.8) is 0 Å². The Balaban J connectivity index is 1.89. The average molecular weight is 400 g/mol. The van der Waals surface area contributed by atoms with Crippen LogP contribution in [0.15, 0.2) is 24.3 Å². The van der Waals surface area contributed by atoms with E-state index in [0.717, 1.165) is 6.42 Å². The molecule has 7 nitrogen and oxygen atoms in total. The number of likely N-dealkylation sites (N-methyl/N-ethyl adjacent to an activating group) is 1. The molecule has 0 aromatic heterocycles. The quantitative estimate of drug-likeness (QED) is 0.628. The van der Waals surface area contributed by atoms with Gasteiger partial charge < -0.3 is 15.1 Å². The number of carbonyl (C=O) groups excluding carboxylic acids is 2. The van der Waals surface area contributed by atoms with Crippen molar-refractivity contribution in [1.82, 2.24) is 4.90 Å². The van der Waals surface area contributed by atoms with Crippen LogP contribution in [0.2, 0.25) is 0 Å². The second kappa shape index (κ2) is 9.27. The van der Waals surface area contributed by atoms with E-state index < -0.39 is 15.7 Å². The smallest absolute Gasteiger partial charge is 0.279 e. The number of rotatable bonds is 8. The normalized spacial score (nSPS) is 19.4. The van der Waals surface area contributed by atoms with Crippen LogP contribution in [0.25, 0.3) is 0 Å². The molecule has 1 heterocycles. The Hall–Kier alpha value is -2.00. The van der Waals surface area contributed by atoms with Crippen molar-refractivity contribution in [3.05, 3.63) is 30.1 Å². The molecule has 2 rings (SSSR count). The summed E-state index contributed by atoms with van der Waals surface area (Å²) in [7, 11) is -1.35. The molecule has 0 spiro atoms. The number of sulfone groups is 1. The topological polar surface area (TPSA) is 88.0 Å². The molecule has 2 N–H and O–H groups in total. The predicted octanol–water partition coefficient (Wildman–Crippen LogP) is -0.295. The molecule has 27 heavy (non-hydrogen) atoms. The molecule has 1 saturated heterocycles. The van der Waals surface area contributed by atoms with Crippen LogP contribution < -0.4 is 10.2 Å². The molecule has 2 amide bonds. The zero-order valence-corrected chi connectivity index (χ0v) is 16.5. The van der Waals surface area contributed by atoms with E-state index in [4.69, 9.17) is 0 Å². The van der Waals surface area contributed by atoms with Gasteiger partial charge in [-0.3, -0.25) is 9.59 Å². The molecule has 0 saturated carbocycles. The lowest BCUT2D eigenvalue weighted by atomic mass is 10.2. The van der Waals surface area contributed by atoms with Gasteiger partial charge in [-0.05, 0) is 31.0 Å². The number of hydrogen-bond acceptors (Lipinski definition) is 4. The van der Waals surface area contributed by atoms with Gasteiger partial charge in [0, 0.05) is 18.3 Å². The fraction of sp³-hybridized carbons (Fsp3) is 0.556. The van der Waals surface area contributed by atoms with E-state index in [2.05, 4.69) is 5.32 Å². The Labute approximate surface area is 159 Å². The van der Waals surface area contributed by atoms with E-state index in [9.17, 15) is 22.4 Å². The predicted molar refractivity (Wildman–Crippen MR) is 101 cm³/mol. The summed E-state index contributed by atoms with van der Waals surface area (Å²) in [4.78, 5) is 27.1. The van der Waals surface area contributed by atoms with Crippen molar-refractivity contribution < 1.29 is 27.3 Å². The van der Waals surface area contributed by atoms with Gasteiger partial charge >= 0.3 is 0 Å². The molecule has 2 atom stereocenters. The van der Waals surface area contributed by atoms with E-state index in [1.54, 1.807) is 18.0 Å². The molecular weight excluding hydrogens is 373 g/mol. The standard InChI is InChI=1S/C18H26FN3O4S/c1-3-8-22(16-7-9-27(25,26)13-16)18(24)12-21(2)11-17(23)20-15-6-4-5-14(19)10-15/h4-6,10,16H,3,7-9,11-13H2,1-2H3,(H,20,23)/p+1/t16-/m0/s1. The Morgan fingerprint density at radius 3 is 2.67 bits per heavy atom. The van der Waals surface area contributed by atoms with Crippen LogP contribution in [0.1, 0.15) is 19.8 Å². The summed E-state index contributed by atoms with van der Waals surface area (Å²) in [6.07, 6.45) is 1.20. The van der Waals surface area contributed by atoms with Crippen molar-refractivity contribution in [2.24, 2.45) is 0 Å². The van der Waals surface area contributed by atoms with Crippen molar-refractivity contribution in [2.45, 2.75) is 25.8 Å². The van der Waals surface area contributed by atoms with Gasteiger partial charge in [0.1, 0.15) is 5.82 Å². The van der Waals surface area contributed by atoms with Gasteiger partial charge in [0.15, 0.2) is 22.9 Å². The second-order valence-electron chi connectivity index (χ2n) is 7.01. The first-order valence-corrected chi connectivity index (χ1v) is 10.9. The Morgan fingerprint density at radius 2 is 2.07 bits per heavy atom. The third-order valence-electron chi connectivity index (χ3n) is 4.46. The fourth-order valence-electron chi connectivity index (χ4n) is 3.24. The first-order chi connectivity index (χ1) is 12.7. The van der Waals surface area contributed by atoms with Crippen LogP contribution in [0, 0.1) is 5.82 Å². The average Bonchev–Trinajstić information content (AvgIpc) is 2.91. The van der Waals surface area contributed by atoms with E-state index in [-0.39, 0.29) is 42.5 Å². The Kier molecular flexibility index (Phi) is 7.32. The van der Waals surface area contributed by atoms with Gasteiger partial charge in [0.05, 0.1) is 18.6 Å². The molecule has 1 fully saturated rings. The first-order valence-electron chi connectivity index (χ1n) is 9.07. The van der Waals surface area contributed by atoms with Crippen molar-refractivity contribution in [3.8, 4) is 0 Å². The highest BCUT2D eigenvalue weighted by molar-refractivity contribution is 7.91. The molecule has 1 aliphatic heterocycles. The number of benzene rings is 1. The van der Waals surface area contributed by atoms with Crippen LogP contribution in [0.3, 0.4) is 0 Å². The summed E-state index contributed by atoms with van der Waals surface area (Å²) in [6.45, 7) is 2.58. The third-order valence-corrected chi connectivity index (χ3v) is 6.21. The SMILES string of the molecule is CCCN(C(=O)C[NH+](C)CC(=O)Nc1cccc(F)c1)[C@H]1CCS(=O)(=O)C1. The van der Waals surface area contributed by atoms with E-state index in [1.807, 2.05) is 6.92 Å².